The van der Waals surface area contributed by atoms with Crippen LogP contribution in [0.2, 0.25) is 0 Å². The quantitative estimate of drug-likeness (QED) is 0.763. The summed E-state index contributed by atoms with van der Waals surface area (Å²) in [5.74, 6) is 0.399. The van der Waals surface area contributed by atoms with Crippen molar-refractivity contribution in [3.8, 4) is 5.69 Å². The molecule has 0 bridgehead atoms. The molecule has 0 aliphatic carbocycles. The lowest BCUT2D eigenvalue weighted by Gasteiger charge is -2.06. The highest BCUT2D eigenvalue weighted by Gasteiger charge is 2.05. The Kier molecular flexibility index (Phi) is 3.57. The highest BCUT2D eigenvalue weighted by molar-refractivity contribution is 6.16. The maximum Gasteiger partial charge on any atom is 0.0979 e. The molecule has 2 aromatic rings. The van der Waals surface area contributed by atoms with Crippen LogP contribution in [-0.2, 0) is 12.3 Å². The third kappa shape index (κ3) is 2.25. The number of alkyl halides is 1. The standard InChI is InChI=1S/C12H14ClN3/c1-2-5-10-6-3-4-7-12(10)16-9-11(8-13)14-15-16/h3-4,6-7,9H,2,5,8H2,1H3. The van der Waals surface area contributed by atoms with E-state index in [0.29, 0.717) is 5.88 Å². The van der Waals surface area contributed by atoms with E-state index in [1.165, 1.54) is 5.56 Å². The van der Waals surface area contributed by atoms with Crippen molar-refractivity contribution in [1.82, 2.24) is 15.0 Å². The molecule has 0 unspecified atom stereocenters. The fraction of sp³-hybridized carbons (Fsp3) is 0.333. The van der Waals surface area contributed by atoms with E-state index in [9.17, 15) is 0 Å². The Morgan fingerprint density at radius 2 is 2.12 bits per heavy atom. The van der Waals surface area contributed by atoms with Gasteiger partial charge in [-0.2, -0.15) is 0 Å². The van der Waals surface area contributed by atoms with Crippen molar-refractivity contribution in [2.24, 2.45) is 0 Å². The lowest BCUT2D eigenvalue weighted by molar-refractivity contribution is 0.783. The Balaban J connectivity index is 2.38. The van der Waals surface area contributed by atoms with Gasteiger partial charge in [0.15, 0.2) is 0 Å². The Labute approximate surface area is 100 Å². The van der Waals surface area contributed by atoms with Crippen molar-refractivity contribution < 1.29 is 0 Å². The van der Waals surface area contributed by atoms with Crippen molar-refractivity contribution in [2.75, 3.05) is 0 Å². The Morgan fingerprint density at radius 3 is 2.81 bits per heavy atom. The summed E-state index contributed by atoms with van der Waals surface area (Å²) in [4.78, 5) is 0. The molecule has 0 radical (unpaired) electrons. The number of nitrogens with zero attached hydrogens (tertiary/aromatic N) is 3. The van der Waals surface area contributed by atoms with E-state index in [-0.39, 0.29) is 0 Å². The molecule has 4 heteroatoms. The van der Waals surface area contributed by atoms with E-state index in [1.54, 1.807) is 4.68 Å². The summed E-state index contributed by atoms with van der Waals surface area (Å²) < 4.78 is 1.79. The summed E-state index contributed by atoms with van der Waals surface area (Å²) in [5.41, 5.74) is 3.18. The summed E-state index contributed by atoms with van der Waals surface area (Å²) in [6.07, 6.45) is 4.04. The maximum absolute atomic E-state index is 5.71. The second kappa shape index (κ2) is 5.12. The monoisotopic (exact) mass is 235 g/mol. The van der Waals surface area contributed by atoms with Crippen LogP contribution in [0.1, 0.15) is 24.6 Å². The Bertz CT molecular complexity index is 465. The first-order valence-electron chi connectivity index (χ1n) is 5.40. The number of benzene rings is 1. The van der Waals surface area contributed by atoms with E-state index >= 15 is 0 Å². The third-order valence-corrected chi connectivity index (χ3v) is 2.71. The second-order valence-corrected chi connectivity index (χ2v) is 3.93. The van der Waals surface area contributed by atoms with Crippen molar-refractivity contribution in [3.63, 3.8) is 0 Å². The predicted molar refractivity (Wildman–Crippen MR) is 64.9 cm³/mol. The normalized spacial score (nSPS) is 10.6. The minimum absolute atomic E-state index is 0.399. The zero-order valence-corrected chi connectivity index (χ0v) is 9.98. The van der Waals surface area contributed by atoms with Crippen LogP contribution in [0.5, 0.6) is 0 Å². The number of hydrogen-bond donors (Lipinski definition) is 0. The van der Waals surface area contributed by atoms with E-state index < -0.39 is 0 Å². The van der Waals surface area contributed by atoms with Gasteiger partial charge in [0.1, 0.15) is 0 Å². The van der Waals surface area contributed by atoms with Crippen LogP contribution in [0.4, 0.5) is 0 Å². The fourth-order valence-corrected chi connectivity index (χ4v) is 1.81. The minimum atomic E-state index is 0.399. The lowest BCUT2D eigenvalue weighted by atomic mass is 10.1. The number of hydrogen-bond acceptors (Lipinski definition) is 2. The molecule has 0 saturated heterocycles. The van der Waals surface area contributed by atoms with Gasteiger partial charge in [-0.05, 0) is 18.1 Å². The van der Waals surface area contributed by atoms with Crippen LogP contribution in [0.15, 0.2) is 30.5 Å². The third-order valence-electron chi connectivity index (χ3n) is 2.44. The summed E-state index contributed by atoms with van der Waals surface area (Å²) in [5, 5.41) is 8.08. The molecular formula is C12H14ClN3. The zero-order chi connectivity index (χ0) is 11.4. The molecule has 1 heterocycles. The summed E-state index contributed by atoms with van der Waals surface area (Å²) in [6.45, 7) is 2.17. The number of aromatic nitrogens is 3. The molecule has 16 heavy (non-hydrogen) atoms. The number of halogens is 1. The first-order valence-corrected chi connectivity index (χ1v) is 5.94. The van der Waals surface area contributed by atoms with Crippen LogP contribution in [0.3, 0.4) is 0 Å². The molecule has 0 atom stereocenters. The van der Waals surface area contributed by atoms with Gasteiger partial charge in [0.2, 0.25) is 0 Å². The van der Waals surface area contributed by atoms with Crippen LogP contribution >= 0.6 is 11.6 Å². The van der Waals surface area contributed by atoms with Crippen molar-refractivity contribution in [2.45, 2.75) is 25.6 Å². The molecule has 3 nitrogen and oxygen atoms in total. The van der Waals surface area contributed by atoms with Crippen molar-refractivity contribution in [1.29, 1.82) is 0 Å². The maximum atomic E-state index is 5.71. The van der Waals surface area contributed by atoms with Crippen molar-refractivity contribution in [3.05, 3.63) is 41.7 Å². The Morgan fingerprint density at radius 1 is 1.31 bits per heavy atom. The Hall–Kier alpha value is -1.35. The molecule has 2 rings (SSSR count). The molecule has 1 aromatic heterocycles. The largest absolute Gasteiger partial charge is 0.220 e. The number of aryl methyl sites for hydroxylation is 1. The SMILES string of the molecule is CCCc1ccccc1-n1cc(CCl)nn1. The van der Waals surface area contributed by atoms with Gasteiger partial charge < -0.3 is 0 Å². The molecule has 1 aromatic carbocycles. The molecule has 0 spiro atoms. The fourth-order valence-electron chi connectivity index (χ4n) is 1.69. The second-order valence-electron chi connectivity index (χ2n) is 3.67. The topological polar surface area (TPSA) is 30.7 Å². The number of rotatable bonds is 4. The van der Waals surface area contributed by atoms with Crippen LogP contribution in [0, 0.1) is 0 Å². The smallest absolute Gasteiger partial charge is 0.0979 e. The van der Waals surface area contributed by atoms with Gasteiger partial charge in [0, 0.05) is 0 Å². The highest BCUT2D eigenvalue weighted by Crippen LogP contribution is 2.15. The van der Waals surface area contributed by atoms with Gasteiger partial charge in [-0.25, -0.2) is 4.68 Å². The first kappa shape index (κ1) is 11.1. The van der Waals surface area contributed by atoms with E-state index in [4.69, 9.17) is 11.6 Å². The average molecular weight is 236 g/mol. The van der Waals surface area contributed by atoms with Crippen LogP contribution < -0.4 is 0 Å². The molecular weight excluding hydrogens is 222 g/mol. The van der Waals surface area contributed by atoms with E-state index in [2.05, 4.69) is 29.4 Å². The van der Waals surface area contributed by atoms with Gasteiger partial charge in [-0.3, -0.25) is 0 Å². The van der Waals surface area contributed by atoms with Crippen molar-refractivity contribution >= 4 is 11.6 Å². The average Bonchev–Trinajstić information content (AvgIpc) is 2.79. The van der Waals surface area contributed by atoms with Gasteiger partial charge in [-0.15, -0.1) is 16.7 Å². The molecule has 0 fully saturated rings. The number of para-hydroxylation sites is 1. The molecule has 0 N–H and O–H groups in total. The summed E-state index contributed by atoms with van der Waals surface area (Å²) >= 11 is 5.71. The minimum Gasteiger partial charge on any atom is -0.220 e. The van der Waals surface area contributed by atoms with E-state index in [1.807, 2.05) is 18.3 Å². The van der Waals surface area contributed by atoms with Crippen LogP contribution in [-0.4, -0.2) is 15.0 Å². The van der Waals surface area contributed by atoms with Gasteiger partial charge >= 0.3 is 0 Å². The van der Waals surface area contributed by atoms with Gasteiger partial charge in [0.05, 0.1) is 23.5 Å². The summed E-state index contributed by atoms with van der Waals surface area (Å²) in [6, 6.07) is 8.24. The predicted octanol–water partition coefficient (Wildman–Crippen LogP) is 2.96. The van der Waals surface area contributed by atoms with E-state index in [0.717, 1.165) is 24.2 Å². The molecule has 0 aliphatic heterocycles. The van der Waals surface area contributed by atoms with Gasteiger partial charge in [-0.1, -0.05) is 36.8 Å². The highest BCUT2D eigenvalue weighted by atomic mass is 35.5. The first-order chi connectivity index (χ1) is 7.85. The molecule has 84 valence electrons. The van der Waals surface area contributed by atoms with Crippen LogP contribution in [0.25, 0.3) is 5.69 Å². The molecule has 0 aliphatic rings. The zero-order valence-electron chi connectivity index (χ0n) is 9.23. The molecule has 0 amide bonds. The molecule has 0 saturated carbocycles. The summed E-state index contributed by atoms with van der Waals surface area (Å²) in [7, 11) is 0. The lowest BCUT2D eigenvalue weighted by Crippen LogP contribution is -2.00. The van der Waals surface area contributed by atoms with Gasteiger partial charge in [0.25, 0.3) is 0 Å².